The van der Waals surface area contributed by atoms with Crippen molar-refractivity contribution in [1.29, 1.82) is 0 Å². The van der Waals surface area contributed by atoms with Crippen molar-refractivity contribution in [3.63, 3.8) is 0 Å². The molecule has 0 aliphatic heterocycles. The summed E-state index contributed by atoms with van der Waals surface area (Å²) in [5.74, 6) is 0.0899. The molecule has 0 unspecified atom stereocenters. The highest BCUT2D eigenvalue weighted by Gasteiger charge is 2.19. The van der Waals surface area contributed by atoms with Crippen LogP contribution in [0.2, 0.25) is 0 Å². The molecule has 0 saturated carbocycles. The van der Waals surface area contributed by atoms with Crippen molar-refractivity contribution in [1.82, 2.24) is 15.0 Å². The number of rotatable bonds is 4. The quantitative estimate of drug-likeness (QED) is 0.498. The van der Waals surface area contributed by atoms with Gasteiger partial charge in [-0.15, -0.1) is 0 Å². The number of carbonyl (C=O) groups is 1. The van der Waals surface area contributed by atoms with Gasteiger partial charge in [0, 0.05) is 5.56 Å². The van der Waals surface area contributed by atoms with Gasteiger partial charge in [-0.2, -0.15) is 0 Å². The molecule has 0 amide bonds. The number of methoxy groups -OCH3 is 1. The number of aromatic nitrogens is 3. The van der Waals surface area contributed by atoms with Gasteiger partial charge in [0.2, 0.25) is 0 Å². The van der Waals surface area contributed by atoms with Crippen LogP contribution in [0.3, 0.4) is 0 Å². The van der Waals surface area contributed by atoms with E-state index >= 15 is 0 Å². The Morgan fingerprint density at radius 3 is 1.53 bits per heavy atom. The molecule has 4 aromatic rings. The number of benzene rings is 3. The minimum Gasteiger partial charge on any atom is -0.507 e. The van der Waals surface area contributed by atoms with Crippen LogP contribution in [-0.4, -0.2) is 38.2 Å². The Labute approximate surface area is 172 Å². The van der Waals surface area contributed by atoms with E-state index in [0.29, 0.717) is 16.7 Å². The van der Waals surface area contributed by atoms with Gasteiger partial charge in [-0.25, -0.2) is 19.7 Å². The molecule has 7 nitrogen and oxygen atoms in total. The van der Waals surface area contributed by atoms with E-state index in [1.54, 1.807) is 60.7 Å². The third-order valence-corrected chi connectivity index (χ3v) is 4.50. The third-order valence-electron chi connectivity index (χ3n) is 4.50. The summed E-state index contributed by atoms with van der Waals surface area (Å²) in [5, 5.41) is 20.6. The minimum atomic E-state index is -0.528. The largest absolute Gasteiger partial charge is 0.507 e. The van der Waals surface area contributed by atoms with Crippen LogP contribution in [0.5, 0.6) is 11.5 Å². The van der Waals surface area contributed by atoms with Gasteiger partial charge in [-0.05, 0) is 30.3 Å². The van der Waals surface area contributed by atoms with Gasteiger partial charge in [0.05, 0.1) is 23.8 Å². The van der Waals surface area contributed by atoms with Crippen LogP contribution < -0.4 is 0 Å². The molecule has 1 heterocycles. The molecule has 1 aromatic heterocycles. The summed E-state index contributed by atoms with van der Waals surface area (Å²) < 4.78 is 4.88. The Morgan fingerprint density at radius 1 is 0.667 bits per heavy atom. The monoisotopic (exact) mass is 399 g/mol. The highest BCUT2D eigenvalue weighted by Crippen LogP contribution is 2.32. The number of phenols is 2. The third kappa shape index (κ3) is 3.56. The zero-order valence-electron chi connectivity index (χ0n) is 16.0. The zero-order chi connectivity index (χ0) is 21.1. The number of esters is 1. The molecule has 4 rings (SSSR count). The van der Waals surface area contributed by atoms with Crippen molar-refractivity contribution in [2.24, 2.45) is 0 Å². The first kappa shape index (κ1) is 19.1. The van der Waals surface area contributed by atoms with Crippen LogP contribution in [0.4, 0.5) is 0 Å². The summed E-state index contributed by atoms with van der Waals surface area (Å²) >= 11 is 0. The van der Waals surface area contributed by atoms with E-state index in [2.05, 4.69) is 15.0 Å². The molecule has 0 spiro atoms. The Balaban J connectivity index is 2.00. The van der Waals surface area contributed by atoms with Crippen LogP contribution in [0.15, 0.2) is 72.8 Å². The van der Waals surface area contributed by atoms with Crippen molar-refractivity contribution in [3.8, 4) is 45.7 Å². The molecule has 0 aliphatic carbocycles. The van der Waals surface area contributed by atoms with E-state index in [0.717, 1.165) is 0 Å². The second-order valence-corrected chi connectivity index (χ2v) is 6.38. The fraction of sp³-hybridized carbons (Fsp3) is 0.0435. The maximum atomic E-state index is 12.3. The molecule has 0 aliphatic rings. The second kappa shape index (κ2) is 8.00. The Hall–Kier alpha value is -4.26. The van der Waals surface area contributed by atoms with Gasteiger partial charge in [-0.1, -0.05) is 42.5 Å². The van der Waals surface area contributed by atoms with Crippen molar-refractivity contribution < 1.29 is 19.7 Å². The highest BCUT2D eigenvalue weighted by atomic mass is 16.5. The lowest BCUT2D eigenvalue weighted by molar-refractivity contribution is 0.0601. The lowest BCUT2D eigenvalue weighted by Crippen LogP contribution is -2.06. The summed E-state index contributed by atoms with van der Waals surface area (Å²) in [7, 11) is 1.30. The van der Waals surface area contributed by atoms with E-state index in [9.17, 15) is 15.0 Å². The predicted octanol–water partition coefficient (Wildman–Crippen LogP) is 4.07. The van der Waals surface area contributed by atoms with E-state index < -0.39 is 5.97 Å². The van der Waals surface area contributed by atoms with Crippen molar-refractivity contribution in [2.45, 2.75) is 0 Å². The fourth-order valence-electron chi connectivity index (χ4n) is 3.03. The molecule has 3 aromatic carbocycles. The van der Waals surface area contributed by atoms with Gasteiger partial charge in [0.25, 0.3) is 0 Å². The van der Waals surface area contributed by atoms with Gasteiger partial charge in [0.15, 0.2) is 17.5 Å². The van der Waals surface area contributed by atoms with Crippen LogP contribution in [0.25, 0.3) is 34.2 Å². The molecule has 0 saturated heterocycles. The lowest BCUT2D eigenvalue weighted by atomic mass is 10.1. The number of ether oxygens (including phenoxy) is 1. The van der Waals surface area contributed by atoms with Gasteiger partial charge in [0.1, 0.15) is 11.5 Å². The average Bonchev–Trinajstić information content (AvgIpc) is 2.79. The maximum absolute atomic E-state index is 12.3. The van der Waals surface area contributed by atoms with Crippen LogP contribution in [0, 0.1) is 0 Å². The molecule has 0 atom stereocenters. The number of nitrogens with zero attached hydrogens (tertiary/aromatic N) is 3. The second-order valence-electron chi connectivity index (χ2n) is 6.38. The number of para-hydroxylation sites is 2. The summed E-state index contributed by atoms with van der Waals surface area (Å²) in [4.78, 5) is 25.7. The summed E-state index contributed by atoms with van der Waals surface area (Å²) in [6.07, 6.45) is 0. The molecule has 30 heavy (non-hydrogen) atoms. The number of aromatic hydroxyl groups is 2. The van der Waals surface area contributed by atoms with Crippen LogP contribution >= 0.6 is 0 Å². The number of hydrogen-bond donors (Lipinski definition) is 2. The number of phenolic OH excluding ortho intramolecular Hbond substituents is 2. The van der Waals surface area contributed by atoms with E-state index in [-0.39, 0.29) is 34.5 Å². The molecule has 148 valence electrons. The molecule has 0 bridgehead atoms. The molecule has 2 N–H and O–H groups in total. The first-order chi connectivity index (χ1) is 14.6. The van der Waals surface area contributed by atoms with Crippen molar-refractivity contribution in [3.05, 3.63) is 78.4 Å². The predicted molar refractivity (Wildman–Crippen MR) is 111 cm³/mol. The summed E-state index contributed by atoms with van der Waals surface area (Å²) in [6.45, 7) is 0. The molecule has 0 fully saturated rings. The van der Waals surface area contributed by atoms with Crippen LogP contribution in [0.1, 0.15) is 10.4 Å². The first-order valence-corrected chi connectivity index (χ1v) is 9.09. The highest BCUT2D eigenvalue weighted by molar-refractivity contribution is 5.96. The fourth-order valence-corrected chi connectivity index (χ4v) is 3.03. The smallest absolute Gasteiger partial charge is 0.338 e. The molecular formula is C23H17N3O4. The Bertz CT molecular complexity index is 1180. The topological polar surface area (TPSA) is 105 Å². The number of hydrogen-bond acceptors (Lipinski definition) is 7. The Kier molecular flexibility index (Phi) is 5.09. The standard InChI is InChI=1S/C23H17N3O4/c1-30-23(29)15-9-3-2-8-14(15)20-24-21(16-10-4-6-12-18(16)27)26-22(25-20)17-11-5-7-13-19(17)28/h2-13,27-28H,1H3. The molecule has 7 heteroatoms. The normalized spacial score (nSPS) is 10.6. The molecular weight excluding hydrogens is 382 g/mol. The summed E-state index contributed by atoms with van der Waals surface area (Å²) in [5.41, 5.74) is 1.53. The van der Waals surface area contributed by atoms with Gasteiger partial charge < -0.3 is 14.9 Å². The van der Waals surface area contributed by atoms with Crippen LogP contribution in [-0.2, 0) is 4.74 Å². The average molecular weight is 399 g/mol. The van der Waals surface area contributed by atoms with E-state index in [1.165, 1.54) is 19.2 Å². The van der Waals surface area contributed by atoms with E-state index in [1.807, 2.05) is 0 Å². The van der Waals surface area contributed by atoms with Crippen molar-refractivity contribution >= 4 is 5.97 Å². The van der Waals surface area contributed by atoms with E-state index in [4.69, 9.17) is 4.74 Å². The Morgan fingerprint density at radius 2 is 1.07 bits per heavy atom. The lowest BCUT2D eigenvalue weighted by Gasteiger charge is -2.11. The van der Waals surface area contributed by atoms with Crippen molar-refractivity contribution in [2.75, 3.05) is 7.11 Å². The minimum absolute atomic E-state index is 0.000799. The van der Waals surface area contributed by atoms with Gasteiger partial charge >= 0.3 is 5.97 Å². The number of carbonyl (C=O) groups excluding carboxylic acids is 1. The maximum Gasteiger partial charge on any atom is 0.338 e. The first-order valence-electron chi connectivity index (χ1n) is 9.09. The molecule has 0 radical (unpaired) electrons. The zero-order valence-corrected chi connectivity index (χ0v) is 16.0. The SMILES string of the molecule is COC(=O)c1ccccc1-c1nc(-c2ccccc2O)nc(-c2ccccc2O)n1. The van der Waals surface area contributed by atoms with Gasteiger partial charge in [-0.3, -0.25) is 0 Å². The summed E-state index contributed by atoms with van der Waals surface area (Å²) in [6, 6.07) is 20.1.